The fourth-order valence-electron chi connectivity index (χ4n) is 15.7. The van der Waals surface area contributed by atoms with E-state index in [9.17, 15) is 0 Å². The van der Waals surface area contributed by atoms with Crippen LogP contribution in [-0.2, 0) is 46.7 Å². The van der Waals surface area contributed by atoms with Gasteiger partial charge in [0.25, 0.3) is 34.6 Å². The van der Waals surface area contributed by atoms with Crippen molar-refractivity contribution in [3.8, 4) is 61.9 Å². The van der Waals surface area contributed by atoms with E-state index in [1.165, 1.54) is 65.5 Å². The summed E-state index contributed by atoms with van der Waals surface area (Å²) in [5.41, 5.74) is 23.4. The molecule has 18 aromatic heterocycles. The second kappa shape index (κ2) is 21.8. The van der Waals surface area contributed by atoms with Crippen LogP contribution in [-0.4, -0.2) is 90.5 Å². The van der Waals surface area contributed by atoms with Gasteiger partial charge in [0.1, 0.15) is 44.3 Å². The van der Waals surface area contributed by atoms with Gasteiger partial charge in [-0.05, 0) is 97.1 Å². The molecular weight excluding hydrogens is 1310 g/mol. The third-order valence-corrected chi connectivity index (χ3v) is 21.2. The molecule has 0 bridgehead atoms. The molecule has 103 heavy (non-hydrogen) atoms. The van der Waals surface area contributed by atoms with Crippen LogP contribution in [0.25, 0.3) is 146 Å². The first-order valence-electron chi connectivity index (χ1n) is 35.0. The maximum atomic E-state index is 7.91. The van der Waals surface area contributed by atoms with Crippen molar-refractivity contribution in [2.75, 3.05) is 0 Å². The average molecular weight is 1370 g/mol. The van der Waals surface area contributed by atoms with Crippen LogP contribution < -0.4 is 22.8 Å². The van der Waals surface area contributed by atoms with Crippen LogP contribution in [0, 0.1) is 0 Å². The average Bonchev–Trinajstić information content (AvgIpc) is 1.55. The summed E-state index contributed by atoms with van der Waals surface area (Å²) in [5, 5.41) is 1.26. The van der Waals surface area contributed by atoms with Crippen molar-refractivity contribution >= 4 is 95.2 Å². The molecule has 0 saturated carbocycles. The highest BCUT2D eigenvalue weighted by molar-refractivity contribution is 7.20. The highest BCUT2D eigenvalue weighted by Crippen LogP contribution is 2.38. The number of benzene rings is 3. The van der Waals surface area contributed by atoms with Gasteiger partial charge >= 0.3 is 28.6 Å². The molecule has 5 aliphatic heterocycles. The third kappa shape index (κ3) is 8.33. The topological polar surface area (TPSA) is 211 Å². The lowest BCUT2D eigenvalue weighted by Gasteiger charge is -2.02. The number of hydrogen-bond acceptors (Lipinski definition) is 13. The minimum Gasteiger partial charge on any atom is -0.395 e. The number of oxazole rings is 1. The zero-order chi connectivity index (χ0) is 70.2. The SMILES string of the molecule is Cn1c2ccccc2n2c3[n+](cc12)Cc1ncccc1-3.[2H]C([2H])([2H])n1c2ccccc2n2c3[n+](cc12)Cc1ncccc1-3.c1ccc(-n2c3[n+](c4c2nc2ncccn24)Cc2cnccc2-3)cc1.c1cnc2nc3oc4[n+](c3n2c1)Cc1cnccc1-4.c1cnc2nc3sc4[n+](c3n2c1)Cc1cnccc1-4. The van der Waals surface area contributed by atoms with E-state index >= 15 is 0 Å². The number of rotatable bonds is 1. The monoisotopic (exact) mass is 1370 g/mol. The molecule has 21 aromatic rings. The first-order chi connectivity index (χ1) is 52.1. The molecule has 0 radical (unpaired) electrons. The number of aryl methyl sites for hydroxylation is 2. The summed E-state index contributed by atoms with van der Waals surface area (Å²) < 4.78 is 57.0. The number of thiazole rings is 1. The Kier molecular flexibility index (Phi) is 11.5. The van der Waals surface area contributed by atoms with Gasteiger partial charge in [-0.3, -0.25) is 24.9 Å². The number of aromatic nitrogens is 24. The van der Waals surface area contributed by atoms with Gasteiger partial charge in [-0.2, -0.15) is 46.5 Å². The van der Waals surface area contributed by atoms with Crippen molar-refractivity contribution in [1.29, 1.82) is 0 Å². The molecule has 0 saturated heterocycles. The molecule has 26 rings (SSSR count). The van der Waals surface area contributed by atoms with Crippen molar-refractivity contribution in [2.45, 2.75) is 32.7 Å². The highest BCUT2D eigenvalue weighted by Gasteiger charge is 2.40. The molecular formula is C77H55N24OS+5. The zero-order valence-corrected chi connectivity index (χ0v) is 55.4. The van der Waals surface area contributed by atoms with E-state index in [2.05, 4.69) is 175 Å². The summed E-state index contributed by atoms with van der Waals surface area (Å²) in [7, 11) is 2.12. The summed E-state index contributed by atoms with van der Waals surface area (Å²) in [6.45, 7) is 1.71. The Labute approximate surface area is 589 Å². The summed E-state index contributed by atoms with van der Waals surface area (Å²) >= 11 is 1.72. The molecule has 0 aliphatic carbocycles. The Bertz CT molecular complexity index is 7090. The normalized spacial score (nSPS) is 13.5. The first-order valence-corrected chi connectivity index (χ1v) is 34.3. The number of para-hydroxylation sites is 5. The van der Waals surface area contributed by atoms with Crippen LogP contribution in [0.5, 0.6) is 0 Å². The lowest BCUT2D eigenvalue weighted by Crippen LogP contribution is -2.32. The number of pyridine rings is 5. The van der Waals surface area contributed by atoms with Gasteiger partial charge in [0, 0.05) is 109 Å². The van der Waals surface area contributed by atoms with Crippen LogP contribution in [0.3, 0.4) is 0 Å². The largest absolute Gasteiger partial charge is 0.395 e. The molecule has 3 aromatic carbocycles. The summed E-state index contributed by atoms with van der Waals surface area (Å²) in [5.74, 6) is 6.32. The number of imidazole rings is 8. The van der Waals surface area contributed by atoms with Gasteiger partial charge in [0.15, 0.2) is 28.4 Å². The number of nitrogens with zero attached hydrogens (tertiary/aromatic N) is 24. The summed E-state index contributed by atoms with van der Waals surface area (Å²) in [4.78, 5) is 49.4. The fraction of sp³-hybridized carbons (Fsp3) is 0.0909. The van der Waals surface area contributed by atoms with E-state index in [0.717, 1.165) is 111 Å². The Hall–Kier alpha value is -13.9. The van der Waals surface area contributed by atoms with Gasteiger partial charge in [-0.15, -0.1) is 4.98 Å². The van der Waals surface area contributed by atoms with E-state index in [-0.39, 0.29) is 0 Å². The third-order valence-electron chi connectivity index (χ3n) is 20.1. The maximum Gasteiger partial charge on any atom is 0.356 e. The Morgan fingerprint density at radius 1 is 0.437 bits per heavy atom. The van der Waals surface area contributed by atoms with Gasteiger partial charge < -0.3 is 13.6 Å². The molecule has 26 heteroatoms. The van der Waals surface area contributed by atoms with Gasteiger partial charge in [0.2, 0.25) is 21.9 Å². The van der Waals surface area contributed by atoms with Crippen molar-refractivity contribution in [3.63, 3.8) is 0 Å². The number of fused-ring (bicyclic) bond motifs is 35. The van der Waals surface area contributed by atoms with Crippen LogP contribution in [0.2, 0.25) is 0 Å². The first kappa shape index (κ1) is 54.1. The smallest absolute Gasteiger partial charge is 0.356 e. The minimum atomic E-state index is -2.23. The molecule has 23 heterocycles. The molecule has 5 aliphatic rings. The van der Waals surface area contributed by atoms with Crippen LogP contribution >= 0.6 is 11.3 Å². The second-order valence-electron chi connectivity index (χ2n) is 25.7. The molecule has 0 amide bonds. The van der Waals surface area contributed by atoms with E-state index in [1.807, 2.05) is 144 Å². The maximum absolute atomic E-state index is 7.91. The van der Waals surface area contributed by atoms with E-state index in [1.54, 1.807) is 42.3 Å². The van der Waals surface area contributed by atoms with Crippen LogP contribution in [0.4, 0.5) is 0 Å². The molecule has 0 unspecified atom stereocenters. The molecule has 0 atom stereocenters. The zero-order valence-electron chi connectivity index (χ0n) is 57.6. The van der Waals surface area contributed by atoms with E-state index in [0.29, 0.717) is 35.0 Å². The fourth-order valence-corrected chi connectivity index (χ4v) is 16.9. The molecule has 25 nitrogen and oxygen atoms in total. The Balaban J connectivity index is 0.0000000830. The van der Waals surface area contributed by atoms with Crippen molar-refractivity contribution in [1.82, 2.24) is 90.5 Å². The molecule has 0 fully saturated rings. The minimum absolute atomic E-state index is 0.621. The van der Waals surface area contributed by atoms with E-state index in [4.69, 9.17) is 13.5 Å². The highest BCUT2D eigenvalue weighted by atomic mass is 32.1. The molecule has 0 N–H and O–H groups in total. The summed E-state index contributed by atoms with van der Waals surface area (Å²) in [6.07, 6.45) is 30.3. The molecule has 0 spiro atoms. The van der Waals surface area contributed by atoms with Gasteiger partial charge in [0.05, 0.1) is 57.4 Å². The lowest BCUT2D eigenvalue weighted by atomic mass is 10.1. The van der Waals surface area contributed by atoms with Crippen molar-refractivity contribution in [2.24, 2.45) is 14.0 Å². The Morgan fingerprint density at radius 2 is 0.961 bits per heavy atom. The lowest BCUT2D eigenvalue weighted by molar-refractivity contribution is -0.670. The van der Waals surface area contributed by atoms with Gasteiger partial charge in [-0.1, -0.05) is 53.8 Å². The van der Waals surface area contributed by atoms with Gasteiger partial charge in [-0.25, -0.2) is 27.8 Å². The van der Waals surface area contributed by atoms with E-state index < -0.39 is 6.98 Å². The molecule has 490 valence electrons. The predicted octanol–water partition coefficient (Wildman–Crippen LogP) is 9.51. The summed E-state index contributed by atoms with van der Waals surface area (Å²) in [6, 6.07) is 46.5. The number of hydrogen-bond donors (Lipinski definition) is 0. The quantitative estimate of drug-likeness (QED) is 0.141. The van der Waals surface area contributed by atoms with Crippen molar-refractivity contribution in [3.05, 3.63) is 267 Å². The Morgan fingerprint density at radius 3 is 1.62 bits per heavy atom. The van der Waals surface area contributed by atoms with Crippen molar-refractivity contribution < 1.29 is 31.4 Å². The van der Waals surface area contributed by atoms with Crippen LogP contribution in [0.15, 0.2) is 243 Å². The predicted molar refractivity (Wildman–Crippen MR) is 381 cm³/mol. The van der Waals surface area contributed by atoms with Crippen LogP contribution in [0.1, 0.15) is 32.2 Å². The second-order valence-corrected chi connectivity index (χ2v) is 26.7. The standard InChI is InChI=1S/C19H13N6.2C16H13N4.C13H8N5O.C13H8N5S/c1-2-5-14(6-3-1)25-16-18(23-10-4-8-21-19(23)22-16)24-12-13-11-20-9-7-15(13)17(24)25;2*1-18-13-6-2-3-7-14(13)20-15(18)10-19-9-12-11(16(19)20)5-4-8-17-12;2*1-3-15-13-16-10-11(17(13)5-1)18-7-8-6-14-4-2-9(8)12(18)19-10/h1-11H,12H2;2*2-8,10H,9H2,1H3;2*1-6H,7H2/q5*+1/i;1D3;;;.